The molecular weight excluding hydrogens is 454 g/mol. The molecule has 8 nitrogen and oxygen atoms in total. The van der Waals surface area contributed by atoms with Gasteiger partial charge < -0.3 is 19.4 Å². The molecule has 1 amide bonds. The first-order chi connectivity index (χ1) is 16.5. The van der Waals surface area contributed by atoms with Crippen molar-refractivity contribution in [1.29, 1.82) is 0 Å². The van der Waals surface area contributed by atoms with Gasteiger partial charge in [-0.15, -0.1) is 0 Å². The summed E-state index contributed by atoms with van der Waals surface area (Å²) < 4.78 is 40.9. The van der Waals surface area contributed by atoms with Gasteiger partial charge in [0.25, 0.3) is 15.9 Å². The Morgan fingerprint density at radius 2 is 1.79 bits per heavy atom. The van der Waals surface area contributed by atoms with Crippen molar-refractivity contribution in [3.05, 3.63) is 84.6 Å². The van der Waals surface area contributed by atoms with Crippen molar-refractivity contribution in [2.24, 2.45) is 0 Å². The lowest BCUT2D eigenvalue weighted by molar-refractivity contribution is 0.0952. The molecule has 4 aromatic rings. The van der Waals surface area contributed by atoms with Crippen molar-refractivity contribution in [2.75, 3.05) is 18.1 Å². The smallest absolute Gasteiger partial charge is 0.261 e. The van der Waals surface area contributed by atoms with Crippen LogP contribution in [0.15, 0.2) is 83.9 Å². The van der Waals surface area contributed by atoms with Crippen molar-refractivity contribution in [2.45, 2.75) is 17.9 Å². The molecule has 1 aliphatic heterocycles. The Bertz CT molecular complexity index is 1460. The minimum absolute atomic E-state index is 0.00312. The quantitative estimate of drug-likeness (QED) is 0.374. The maximum Gasteiger partial charge on any atom is 0.261 e. The fraction of sp³-hybridized carbons (Fsp3) is 0.160. The summed E-state index contributed by atoms with van der Waals surface area (Å²) in [5, 5.41) is 4.05. The summed E-state index contributed by atoms with van der Waals surface area (Å²) in [6, 6.07) is 21.0. The third kappa shape index (κ3) is 4.55. The number of nitrogens with zero attached hydrogens (tertiary/aromatic N) is 1. The highest BCUT2D eigenvalue weighted by atomic mass is 32.2. The summed E-state index contributed by atoms with van der Waals surface area (Å²) in [6.45, 7) is 1.34. The number of hydrogen-bond donors (Lipinski definition) is 2. The van der Waals surface area contributed by atoms with Gasteiger partial charge in [0.05, 0.1) is 10.6 Å². The van der Waals surface area contributed by atoms with Crippen LogP contribution in [0.1, 0.15) is 16.8 Å². The second-order valence-electron chi connectivity index (χ2n) is 7.88. The zero-order chi connectivity index (χ0) is 23.5. The van der Waals surface area contributed by atoms with Crippen molar-refractivity contribution in [3.8, 4) is 11.5 Å². The van der Waals surface area contributed by atoms with Gasteiger partial charge in [-0.2, -0.15) is 0 Å². The number of hydrogen-bond acceptors (Lipinski definition) is 5. The first kappa shape index (κ1) is 21.8. The summed E-state index contributed by atoms with van der Waals surface area (Å²) in [5.74, 6) is 0.713. The standard InChI is InChI=1S/C25H23N3O5S/c29-25(26-12-4-13-28-14-11-18-5-1-2-8-22(18)28)19-6-3-7-21(15-19)34(30,31)27-20-9-10-23-24(16-20)33-17-32-23/h1-3,5-11,14-16,27H,4,12-13,17H2,(H,26,29). The van der Waals surface area contributed by atoms with E-state index in [2.05, 4.69) is 32.8 Å². The maximum absolute atomic E-state index is 12.9. The average molecular weight is 478 g/mol. The number of aryl methyl sites for hydroxylation is 1. The van der Waals surface area contributed by atoms with Crippen LogP contribution >= 0.6 is 0 Å². The van der Waals surface area contributed by atoms with Gasteiger partial charge >= 0.3 is 0 Å². The number of anilines is 1. The number of carbonyl (C=O) groups excluding carboxylic acids is 1. The topological polar surface area (TPSA) is 98.7 Å². The number of para-hydroxylation sites is 1. The summed E-state index contributed by atoms with van der Waals surface area (Å²) >= 11 is 0. The van der Waals surface area contributed by atoms with Gasteiger partial charge in [-0.05, 0) is 54.3 Å². The second kappa shape index (κ2) is 9.11. The molecule has 0 saturated carbocycles. The van der Waals surface area contributed by atoms with Gasteiger partial charge in [0, 0.05) is 36.4 Å². The van der Waals surface area contributed by atoms with E-state index in [0.29, 0.717) is 23.7 Å². The third-order valence-electron chi connectivity index (χ3n) is 5.57. The Balaban J connectivity index is 1.20. The number of nitrogens with one attached hydrogen (secondary N) is 2. The van der Waals surface area contributed by atoms with Crippen LogP contribution in [0.4, 0.5) is 5.69 Å². The van der Waals surface area contributed by atoms with Crippen molar-refractivity contribution >= 4 is 32.5 Å². The molecule has 5 rings (SSSR count). The molecule has 9 heteroatoms. The molecule has 0 spiro atoms. The van der Waals surface area contributed by atoms with E-state index in [4.69, 9.17) is 9.47 Å². The molecule has 0 atom stereocenters. The van der Waals surface area contributed by atoms with Gasteiger partial charge in [-0.3, -0.25) is 9.52 Å². The molecule has 1 aromatic heterocycles. The Labute approximate surface area is 197 Å². The average Bonchev–Trinajstić information content (AvgIpc) is 3.48. The van der Waals surface area contributed by atoms with Crippen molar-refractivity contribution < 1.29 is 22.7 Å². The summed E-state index contributed by atoms with van der Waals surface area (Å²) in [4.78, 5) is 12.6. The van der Waals surface area contributed by atoms with Gasteiger partial charge in [0.15, 0.2) is 11.5 Å². The monoisotopic (exact) mass is 477 g/mol. The SMILES string of the molecule is O=C(NCCCn1ccc2ccccc21)c1cccc(S(=O)(=O)Nc2ccc3c(c2)OCO3)c1. The fourth-order valence-electron chi connectivity index (χ4n) is 3.87. The maximum atomic E-state index is 12.9. The highest BCUT2D eigenvalue weighted by Crippen LogP contribution is 2.34. The van der Waals surface area contributed by atoms with E-state index in [1.807, 2.05) is 18.3 Å². The van der Waals surface area contributed by atoms with Crippen LogP contribution < -0.4 is 19.5 Å². The Morgan fingerprint density at radius 3 is 2.71 bits per heavy atom. The number of ether oxygens (including phenoxy) is 2. The Kier molecular flexibility index (Phi) is 5.85. The van der Waals surface area contributed by atoms with Gasteiger partial charge in [-0.25, -0.2) is 8.42 Å². The van der Waals surface area contributed by atoms with Crippen LogP contribution in [0, 0.1) is 0 Å². The lowest BCUT2D eigenvalue weighted by atomic mass is 10.2. The number of fused-ring (bicyclic) bond motifs is 2. The molecule has 0 unspecified atom stereocenters. The predicted octanol–water partition coefficient (Wildman–Crippen LogP) is 3.99. The van der Waals surface area contributed by atoms with E-state index in [1.54, 1.807) is 30.3 Å². The molecule has 0 saturated heterocycles. The summed E-state index contributed by atoms with van der Waals surface area (Å²) in [5.41, 5.74) is 1.78. The Hall–Kier alpha value is -3.98. The Morgan fingerprint density at radius 1 is 0.941 bits per heavy atom. The molecule has 0 fully saturated rings. The molecule has 34 heavy (non-hydrogen) atoms. The third-order valence-corrected chi connectivity index (χ3v) is 6.95. The summed E-state index contributed by atoms with van der Waals surface area (Å²) in [6.07, 6.45) is 2.78. The molecule has 174 valence electrons. The van der Waals surface area contributed by atoms with E-state index in [-0.39, 0.29) is 23.2 Å². The predicted molar refractivity (Wildman–Crippen MR) is 129 cm³/mol. The second-order valence-corrected chi connectivity index (χ2v) is 9.56. The largest absolute Gasteiger partial charge is 0.454 e. The molecule has 1 aliphatic rings. The number of amides is 1. The highest BCUT2D eigenvalue weighted by molar-refractivity contribution is 7.92. The number of carbonyl (C=O) groups is 1. The normalized spacial score (nSPS) is 12.6. The molecule has 3 aromatic carbocycles. The van der Waals surface area contributed by atoms with E-state index in [9.17, 15) is 13.2 Å². The van der Waals surface area contributed by atoms with E-state index < -0.39 is 10.0 Å². The number of rotatable bonds is 8. The van der Waals surface area contributed by atoms with Crippen LogP contribution in [0.25, 0.3) is 10.9 Å². The fourth-order valence-corrected chi connectivity index (χ4v) is 4.96. The molecule has 2 heterocycles. The highest BCUT2D eigenvalue weighted by Gasteiger charge is 2.19. The van der Waals surface area contributed by atoms with Crippen LogP contribution in [-0.2, 0) is 16.6 Å². The van der Waals surface area contributed by atoms with Crippen molar-refractivity contribution in [1.82, 2.24) is 9.88 Å². The first-order valence-electron chi connectivity index (χ1n) is 10.8. The molecule has 0 bridgehead atoms. The minimum atomic E-state index is -3.89. The lowest BCUT2D eigenvalue weighted by Crippen LogP contribution is -2.25. The van der Waals surface area contributed by atoms with Gasteiger partial charge in [0.2, 0.25) is 6.79 Å². The lowest BCUT2D eigenvalue weighted by Gasteiger charge is -2.11. The summed E-state index contributed by atoms with van der Waals surface area (Å²) in [7, 11) is -3.89. The van der Waals surface area contributed by atoms with Crippen LogP contribution in [-0.4, -0.2) is 32.2 Å². The van der Waals surface area contributed by atoms with E-state index >= 15 is 0 Å². The molecular formula is C25H23N3O5S. The zero-order valence-corrected chi connectivity index (χ0v) is 19.0. The first-order valence-corrected chi connectivity index (χ1v) is 12.3. The van der Waals surface area contributed by atoms with Crippen LogP contribution in [0.2, 0.25) is 0 Å². The van der Waals surface area contributed by atoms with Gasteiger partial charge in [0.1, 0.15) is 0 Å². The van der Waals surface area contributed by atoms with E-state index in [1.165, 1.54) is 17.5 Å². The number of aromatic nitrogens is 1. The molecule has 0 aliphatic carbocycles. The van der Waals surface area contributed by atoms with E-state index in [0.717, 1.165) is 18.5 Å². The van der Waals surface area contributed by atoms with Crippen molar-refractivity contribution in [3.63, 3.8) is 0 Å². The minimum Gasteiger partial charge on any atom is -0.454 e. The zero-order valence-electron chi connectivity index (χ0n) is 18.2. The van der Waals surface area contributed by atoms with Crippen LogP contribution in [0.3, 0.4) is 0 Å². The number of benzene rings is 3. The molecule has 0 radical (unpaired) electrons. The van der Waals surface area contributed by atoms with Gasteiger partial charge in [-0.1, -0.05) is 24.3 Å². The van der Waals surface area contributed by atoms with Crippen LogP contribution in [0.5, 0.6) is 11.5 Å². The molecule has 2 N–H and O–H groups in total. The number of sulfonamides is 1.